The van der Waals surface area contributed by atoms with Crippen LogP contribution in [-0.2, 0) is 17.4 Å². The summed E-state index contributed by atoms with van der Waals surface area (Å²) < 4.78 is 2.82. The predicted octanol–water partition coefficient (Wildman–Crippen LogP) is 15.3. The summed E-state index contributed by atoms with van der Waals surface area (Å²) in [5, 5.41) is 18.4. The van der Waals surface area contributed by atoms with Gasteiger partial charge < -0.3 is 0 Å². The van der Waals surface area contributed by atoms with Gasteiger partial charge in [0.2, 0.25) is 0 Å². The molecule has 304 valence electrons. The Morgan fingerprint density at radius 3 is 1.75 bits per heavy atom. The number of benzene rings is 9. The molecule has 0 radical (unpaired) electrons. The minimum absolute atomic E-state index is 0.198. The zero-order valence-corrected chi connectivity index (χ0v) is 37.4. The van der Waals surface area contributed by atoms with Crippen LogP contribution >= 0.6 is 0 Å². The summed E-state index contributed by atoms with van der Waals surface area (Å²) in [6.45, 7) is 4.70. The molecular weight excluding hydrogens is 842 g/mol. The summed E-state index contributed by atoms with van der Waals surface area (Å²) >= 11 is 0.198. The van der Waals surface area contributed by atoms with Crippen molar-refractivity contribution in [3.8, 4) is 55.6 Å². The predicted molar refractivity (Wildman–Crippen MR) is 267 cm³/mol. The summed E-state index contributed by atoms with van der Waals surface area (Å²) in [5.41, 5.74) is 17.0. The topological polar surface area (TPSA) is 37.1 Å². The van der Waals surface area contributed by atoms with Crippen molar-refractivity contribution in [2.24, 2.45) is 15.4 Å². The molecule has 9 aromatic carbocycles. The number of rotatable bonds is 7. The molecule has 0 amide bonds. The first-order valence-electron chi connectivity index (χ1n) is 22.1. The second kappa shape index (κ2) is 15.2. The quantitative estimate of drug-likeness (QED) is 0.143. The van der Waals surface area contributed by atoms with E-state index in [-0.39, 0.29) is 14.5 Å². The molecule has 1 aliphatic carbocycles. The van der Waals surface area contributed by atoms with Gasteiger partial charge in [0, 0.05) is 0 Å². The molecule has 10 aromatic rings. The fraction of sp³-hybridized carbons (Fsp3) is 0.0833. The molecule has 3 nitrogen and oxygen atoms in total. The Bertz CT molecular complexity index is 3510. The van der Waals surface area contributed by atoms with Gasteiger partial charge in [0.1, 0.15) is 0 Å². The molecule has 2 atom stereocenters. The Morgan fingerprint density at radius 2 is 0.953 bits per heavy atom. The molecule has 64 heavy (non-hydrogen) atoms. The van der Waals surface area contributed by atoms with Crippen molar-refractivity contribution >= 4 is 39.5 Å². The Morgan fingerprint density at radius 1 is 0.422 bits per heavy atom. The van der Waals surface area contributed by atoms with E-state index in [0.29, 0.717) is 0 Å². The summed E-state index contributed by atoms with van der Waals surface area (Å²) in [6.07, 6.45) is 0.833. The van der Waals surface area contributed by atoms with Crippen molar-refractivity contribution in [3.63, 3.8) is 0 Å². The first-order chi connectivity index (χ1) is 31.5. The fourth-order valence-corrected chi connectivity index (χ4v) is 13.2. The fourth-order valence-electron chi connectivity index (χ4n) is 10.8. The number of fused-ring (bicyclic) bond motifs is 6. The summed E-state index contributed by atoms with van der Waals surface area (Å²) in [4.78, 5) is 0. The third kappa shape index (κ3) is 5.83. The Labute approximate surface area is 379 Å². The van der Waals surface area contributed by atoms with Crippen LogP contribution in [0.15, 0.2) is 228 Å². The molecule has 2 unspecified atom stereocenters. The Balaban J connectivity index is 1.21. The van der Waals surface area contributed by atoms with Gasteiger partial charge >= 0.3 is 352 Å². The van der Waals surface area contributed by atoms with Crippen molar-refractivity contribution in [1.82, 2.24) is 0 Å². The second-order valence-corrected chi connectivity index (χ2v) is 19.6. The molecule has 0 bridgehead atoms. The molecule has 12 rings (SSSR count). The summed E-state index contributed by atoms with van der Waals surface area (Å²) in [5.74, 6) is 0. The zero-order chi connectivity index (χ0) is 42.8. The average molecular weight is 885 g/mol. The van der Waals surface area contributed by atoms with E-state index in [1.54, 1.807) is 0 Å². The van der Waals surface area contributed by atoms with Gasteiger partial charge in [-0.15, -0.1) is 0 Å². The van der Waals surface area contributed by atoms with Crippen LogP contribution in [0, 0.1) is 0 Å². The van der Waals surface area contributed by atoms with Gasteiger partial charge in [0.15, 0.2) is 0 Å². The van der Waals surface area contributed by atoms with Gasteiger partial charge in [0.25, 0.3) is 0 Å². The third-order valence-electron chi connectivity index (χ3n) is 14.1. The molecule has 0 saturated carbocycles. The maximum atomic E-state index is 5.41. The molecule has 0 N–H and O–H groups in total. The first kappa shape index (κ1) is 38.4. The van der Waals surface area contributed by atoms with Crippen molar-refractivity contribution < 1.29 is 0 Å². The molecule has 2 heterocycles. The number of hydrogen-bond acceptors (Lipinski definition) is 3. The first-order valence-corrected chi connectivity index (χ1v) is 23.8. The van der Waals surface area contributed by atoms with E-state index < -0.39 is 11.0 Å². The molecule has 1 aliphatic heterocycles. The van der Waals surface area contributed by atoms with E-state index in [9.17, 15) is 0 Å². The van der Waals surface area contributed by atoms with Crippen LogP contribution in [0.5, 0.6) is 0 Å². The van der Waals surface area contributed by atoms with Crippen molar-refractivity contribution in [1.29, 1.82) is 0 Å². The van der Waals surface area contributed by atoms with Crippen LogP contribution in [0.3, 0.4) is 0 Å². The van der Waals surface area contributed by atoms with Crippen molar-refractivity contribution in [2.75, 3.05) is 0 Å². The minimum atomic E-state index is -0.903. The average Bonchev–Trinajstić information content (AvgIpc) is 3.94. The van der Waals surface area contributed by atoms with Crippen LogP contribution < -0.4 is 0 Å². The molecule has 2 aliphatic rings. The molecular formula is C60H43N3Se. The van der Waals surface area contributed by atoms with Crippen molar-refractivity contribution in [3.05, 3.63) is 240 Å². The van der Waals surface area contributed by atoms with Gasteiger partial charge in [-0.05, 0) is 0 Å². The Hall–Kier alpha value is -7.23. The van der Waals surface area contributed by atoms with Crippen LogP contribution in [0.1, 0.15) is 41.7 Å². The van der Waals surface area contributed by atoms with E-state index in [1.165, 1.54) is 63.8 Å². The molecule has 0 fully saturated rings. The van der Waals surface area contributed by atoms with Gasteiger partial charge in [-0.1, -0.05) is 30.3 Å². The van der Waals surface area contributed by atoms with Crippen molar-refractivity contribution in [2.45, 2.75) is 31.2 Å². The maximum absolute atomic E-state index is 5.41. The molecule has 0 spiro atoms. The van der Waals surface area contributed by atoms with Gasteiger partial charge in [0.05, 0.1) is 0 Å². The number of hydrogen-bond donors (Lipinski definition) is 0. The van der Waals surface area contributed by atoms with Gasteiger partial charge in [-0.25, -0.2) is 0 Å². The van der Waals surface area contributed by atoms with Crippen LogP contribution in [-0.4, -0.2) is 20.2 Å². The van der Waals surface area contributed by atoms with Crippen LogP contribution in [0.2, 0.25) is 0 Å². The summed E-state index contributed by atoms with van der Waals surface area (Å²) in [6, 6.07) is 77.7. The van der Waals surface area contributed by atoms with E-state index in [0.717, 1.165) is 51.1 Å². The van der Waals surface area contributed by atoms with E-state index in [4.69, 9.17) is 15.4 Å². The molecule has 1 aromatic heterocycles. The number of nitrogens with zero attached hydrogens (tertiary/aromatic N) is 3. The zero-order valence-electron chi connectivity index (χ0n) is 35.7. The third-order valence-corrected chi connectivity index (χ3v) is 16.4. The normalized spacial score (nSPS) is 17.6. The summed E-state index contributed by atoms with van der Waals surface area (Å²) in [7, 11) is 0. The Kier molecular flexibility index (Phi) is 9.16. The SMILES string of the molecule is CC1(c2cccc3c2Cc2ccccc2-3)N=NN=C(c2c(-c3ccccc3-c3ccccc3)cccc2-c2cccc3[se]c4ccccc4c23)C1(C)c1ccccc1-c1ccccc1. The second-order valence-electron chi connectivity index (χ2n) is 17.3. The van der Waals surface area contributed by atoms with Crippen LogP contribution in [0.4, 0.5) is 0 Å². The van der Waals surface area contributed by atoms with E-state index in [1.807, 2.05) is 0 Å². The van der Waals surface area contributed by atoms with E-state index in [2.05, 4.69) is 226 Å². The monoisotopic (exact) mass is 885 g/mol. The van der Waals surface area contributed by atoms with Gasteiger partial charge in [-0.2, -0.15) is 0 Å². The van der Waals surface area contributed by atoms with Crippen LogP contribution in [0.25, 0.3) is 74.9 Å². The molecule has 4 heteroatoms. The molecule has 0 saturated heterocycles. The van der Waals surface area contributed by atoms with Gasteiger partial charge in [-0.3, -0.25) is 0 Å². The van der Waals surface area contributed by atoms with E-state index >= 15 is 0 Å². The standard InChI is InChI=1S/C60H43N3Se/c1-59(52-34-15-13-27-44(52)40-22-7-4-8-23-40)58(61-63-62-60(59,2)53-35-18-30-46-43-26-10-9-24-41(43)38-51(46)53)57-47(45-28-12-11-25-42(45)39-20-5-3-6-21-39)31-17-32-49(57)48-33-19-37-55-56(48)50-29-14-16-36-54(50)64-55/h3-37H,38H2,1-2H3.